The van der Waals surface area contributed by atoms with Crippen molar-refractivity contribution >= 4 is 23.4 Å². The minimum Gasteiger partial charge on any atom is -0.336 e. The van der Waals surface area contributed by atoms with Gasteiger partial charge in [0, 0.05) is 5.69 Å². The van der Waals surface area contributed by atoms with Gasteiger partial charge in [0.2, 0.25) is 11.1 Å². The van der Waals surface area contributed by atoms with Crippen LogP contribution in [0.1, 0.15) is 43.6 Å². The number of thioether (sulfide) groups is 1. The molecule has 0 aliphatic rings. The second-order valence-electron chi connectivity index (χ2n) is 5.84. The molecule has 0 radical (unpaired) electrons. The van der Waals surface area contributed by atoms with Crippen molar-refractivity contribution in [3.8, 4) is 0 Å². The van der Waals surface area contributed by atoms with E-state index in [2.05, 4.69) is 29.4 Å². The van der Waals surface area contributed by atoms with E-state index in [1.54, 1.807) is 6.92 Å². The standard InChI is InChI=1S/C16H23N5OS/c1-9(2)13-8-6-7-10(3)14(13)18-15(22)11(4)23-16-20-19-12(5)21(16)17/h6-9,11H,17H2,1-5H3,(H,18,22). The zero-order valence-electron chi connectivity index (χ0n) is 14.1. The Labute approximate surface area is 140 Å². The molecule has 6 nitrogen and oxygen atoms in total. The molecule has 0 fully saturated rings. The molecular formula is C16H23N5OS. The van der Waals surface area contributed by atoms with Crippen LogP contribution in [-0.2, 0) is 4.79 Å². The fraction of sp³-hybridized carbons (Fsp3) is 0.438. The van der Waals surface area contributed by atoms with E-state index in [9.17, 15) is 4.79 Å². The Morgan fingerprint density at radius 2 is 1.96 bits per heavy atom. The molecular weight excluding hydrogens is 310 g/mol. The van der Waals surface area contributed by atoms with Gasteiger partial charge in [-0.2, -0.15) is 0 Å². The predicted molar refractivity (Wildman–Crippen MR) is 94.1 cm³/mol. The van der Waals surface area contributed by atoms with Crippen LogP contribution in [0.2, 0.25) is 0 Å². The van der Waals surface area contributed by atoms with Gasteiger partial charge in [0.15, 0.2) is 0 Å². The topological polar surface area (TPSA) is 85.8 Å². The largest absolute Gasteiger partial charge is 0.336 e. The Morgan fingerprint density at radius 3 is 2.52 bits per heavy atom. The quantitative estimate of drug-likeness (QED) is 0.649. The summed E-state index contributed by atoms with van der Waals surface area (Å²) in [6.07, 6.45) is 0. The molecule has 0 saturated carbocycles. The lowest BCUT2D eigenvalue weighted by molar-refractivity contribution is -0.115. The number of aromatic nitrogens is 3. The molecule has 2 rings (SSSR count). The molecule has 1 aromatic carbocycles. The predicted octanol–water partition coefficient (Wildman–Crippen LogP) is 2.85. The molecule has 2 aromatic rings. The number of amides is 1. The van der Waals surface area contributed by atoms with Gasteiger partial charge in [0.1, 0.15) is 5.82 Å². The van der Waals surface area contributed by atoms with Crippen molar-refractivity contribution in [1.82, 2.24) is 14.9 Å². The van der Waals surface area contributed by atoms with E-state index in [1.807, 2.05) is 32.0 Å². The number of hydrogen-bond donors (Lipinski definition) is 2. The van der Waals surface area contributed by atoms with Gasteiger partial charge in [-0.1, -0.05) is 43.8 Å². The van der Waals surface area contributed by atoms with Crippen molar-refractivity contribution in [2.45, 2.75) is 50.9 Å². The van der Waals surface area contributed by atoms with Crippen LogP contribution >= 0.6 is 11.8 Å². The molecule has 1 unspecified atom stereocenters. The molecule has 1 amide bonds. The van der Waals surface area contributed by atoms with Crippen molar-refractivity contribution < 1.29 is 4.79 Å². The first kappa shape index (κ1) is 17.3. The van der Waals surface area contributed by atoms with Gasteiger partial charge in [-0.15, -0.1) is 10.2 Å². The molecule has 1 heterocycles. The fourth-order valence-corrected chi connectivity index (χ4v) is 3.02. The number of nitrogens with two attached hydrogens (primary N) is 1. The molecule has 0 saturated heterocycles. The Kier molecular flexibility index (Phi) is 5.30. The average molecular weight is 333 g/mol. The zero-order valence-corrected chi connectivity index (χ0v) is 14.9. The lowest BCUT2D eigenvalue weighted by Crippen LogP contribution is -2.25. The van der Waals surface area contributed by atoms with Crippen LogP contribution in [0.25, 0.3) is 0 Å². The summed E-state index contributed by atoms with van der Waals surface area (Å²) in [6, 6.07) is 6.06. The van der Waals surface area contributed by atoms with Gasteiger partial charge < -0.3 is 11.2 Å². The number of nitrogen functional groups attached to an aromatic ring is 1. The number of para-hydroxylation sites is 1. The highest BCUT2D eigenvalue weighted by Gasteiger charge is 2.20. The number of carbonyl (C=O) groups excluding carboxylic acids is 1. The average Bonchev–Trinajstić information content (AvgIpc) is 2.80. The van der Waals surface area contributed by atoms with Crippen LogP contribution in [0, 0.1) is 13.8 Å². The maximum atomic E-state index is 12.5. The van der Waals surface area contributed by atoms with Crippen molar-refractivity contribution in [3.63, 3.8) is 0 Å². The SMILES string of the molecule is Cc1cccc(C(C)C)c1NC(=O)C(C)Sc1nnc(C)n1N. The highest BCUT2D eigenvalue weighted by molar-refractivity contribution is 8.00. The minimum atomic E-state index is -0.333. The molecule has 0 bridgehead atoms. The number of aryl methyl sites for hydroxylation is 2. The number of hydrogen-bond acceptors (Lipinski definition) is 5. The molecule has 0 aliphatic heterocycles. The summed E-state index contributed by atoms with van der Waals surface area (Å²) < 4.78 is 1.39. The van der Waals surface area contributed by atoms with Gasteiger partial charge in [-0.05, 0) is 37.8 Å². The highest BCUT2D eigenvalue weighted by Crippen LogP contribution is 2.29. The van der Waals surface area contributed by atoms with Crippen molar-refractivity contribution in [2.75, 3.05) is 11.2 Å². The van der Waals surface area contributed by atoms with Crippen LogP contribution in [0.3, 0.4) is 0 Å². The summed E-state index contributed by atoms with van der Waals surface area (Å²) >= 11 is 1.29. The van der Waals surface area contributed by atoms with Crippen LogP contribution in [0.4, 0.5) is 5.69 Å². The number of benzene rings is 1. The maximum absolute atomic E-state index is 12.5. The molecule has 0 spiro atoms. The van der Waals surface area contributed by atoms with Crippen molar-refractivity contribution in [2.24, 2.45) is 0 Å². The lowest BCUT2D eigenvalue weighted by Gasteiger charge is -2.18. The number of carbonyl (C=O) groups is 1. The monoisotopic (exact) mass is 333 g/mol. The van der Waals surface area contributed by atoms with E-state index in [0.717, 1.165) is 16.8 Å². The number of rotatable bonds is 5. The Hall–Kier alpha value is -2.02. The molecule has 1 atom stereocenters. The smallest absolute Gasteiger partial charge is 0.237 e. The molecule has 23 heavy (non-hydrogen) atoms. The first-order chi connectivity index (χ1) is 10.8. The van der Waals surface area contributed by atoms with Gasteiger partial charge in [-0.25, -0.2) is 4.68 Å². The summed E-state index contributed by atoms with van der Waals surface area (Å²) in [5.41, 5.74) is 3.08. The van der Waals surface area contributed by atoms with E-state index in [1.165, 1.54) is 16.4 Å². The van der Waals surface area contributed by atoms with Gasteiger partial charge >= 0.3 is 0 Å². The molecule has 0 aliphatic carbocycles. The van der Waals surface area contributed by atoms with E-state index in [4.69, 9.17) is 5.84 Å². The molecule has 3 N–H and O–H groups in total. The first-order valence-corrected chi connectivity index (χ1v) is 8.43. The molecule has 7 heteroatoms. The zero-order chi connectivity index (χ0) is 17.1. The number of nitrogens with one attached hydrogen (secondary N) is 1. The Bertz CT molecular complexity index is 710. The van der Waals surface area contributed by atoms with Crippen LogP contribution in [0.15, 0.2) is 23.4 Å². The second kappa shape index (κ2) is 7.04. The van der Waals surface area contributed by atoms with E-state index in [-0.39, 0.29) is 11.2 Å². The van der Waals surface area contributed by atoms with Gasteiger partial charge in [0.05, 0.1) is 5.25 Å². The third-order valence-corrected chi connectivity index (χ3v) is 4.72. The molecule has 124 valence electrons. The number of anilines is 1. The summed E-state index contributed by atoms with van der Waals surface area (Å²) in [4.78, 5) is 12.5. The first-order valence-electron chi connectivity index (χ1n) is 7.55. The van der Waals surface area contributed by atoms with E-state index >= 15 is 0 Å². The van der Waals surface area contributed by atoms with E-state index < -0.39 is 0 Å². The maximum Gasteiger partial charge on any atom is 0.237 e. The summed E-state index contributed by atoms with van der Waals surface area (Å²) in [5, 5.41) is 11.1. The minimum absolute atomic E-state index is 0.0770. The van der Waals surface area contributed by atoms with Gasteiger partial charge in [-0.3, -0.25) is 4.79 Å². The number of nitrogens with zero attached hydrogens (tertiary/aromatic N) is 3. The third-order valence-electron chi connectivity index (χ3n) is 3.66. The second-order valence-corrected chi connectivity index (χ2v) is 7.15. The normalized spacial score (nSPS) is 12.4. The van der Waals surface area contributed by atoms with Crippen molar-refractivity contribution in [1.29, 1.82) is 0 Å². The van der Waals surface area contributed by atoms with Crippen LogP contribution < -0.4 is 11.2 Å². The van der Waals surface area contributed by atoms with Crippen LogP contribution in [-0.4, -0.2) is 26.0 Å². The Balaban J connectivity index is 2.14. The third kappa shape index (κ3) is 3.85. The molecule has 1 aromatic heterocycles. The Morgan fingerprint density at radius 1 is 1.26 bits per heavy atom. The fourth-order valence-electron chi connectivity index (χ4n) is 2.21. The summed E-state index contributed by atoms with van der Waals surface area (Å²) in [6.45, 7) is 9.82. The van der Waals surface area contributed by atoms with Gasteiger partial charge in [0.25, 0.3) is 0 Å². The van der Waals surface area contributed by atoms with Crippen molar-refractivity contribution in [3.05, 3.63) is 35.2 Å². The summed E-state index contributed by atoms with van der Waals surface area (Å²) in [7, 11) is 0. The van der Waals surface area contributed by atoms with Crippen LogP contribution in [0.5, 0.6) is 0 Å². The van der Waals surface area contributed by atoms with E-state index in [0.29, 0.717) is 16.9 Å². The highest BCUT2D eigenvalue weighted by atomic mass is 32.2. The lowest BCUT2D eigenvalue weighted by atomic mass is 9.98. The summed E-state index contributed by atoms with van der Waals surface area (Å²) in [5.74, 6) is 6.70.